The van der Waals surface area contributed by atoms with Gasteiger partial charge in [-0.05, 0) is 37.0 Å². The summed E-state index contributed by atoms with van der Waals surface area (Å²) in [6.07, 6.45) is 5.61. The number of carbonyl (C=O) groups is 2. The zero-order valence-electron chi connectivity index (χ0n) is 16.5. The summed E-state index contributed by atoms with van der Waals surface area (Å²) in [5, 5.41) is 25.0. The third-order valence-corrected chi connectivity index (χ3v) is 4.54. The number of rotatable bonds is 11. The summed E-state index contributed by atoms with van der Waals surface area (Å²) in [5.74, 6) is -2.11. The number of aryl methyl sites for hydroxylation is 1. The van der Waals surface area contributed by atoms with Crippen molar-refractivity contribution in [2.75, 3.05) is 13.7 Å². The highest BCUT2D eigenvalue weighted by molar-refractivity contribution is 6.43. The van der Waals surface area contributed by atoms with E-state index in [0.29, 0.717) is 24.3 Å². The van der Waals surface area contributed by atoms with Gasteiger partial charge in [0.25, 0.3) is 5.91 Å². The number of benzene rings is 1. The van der Waals surface area contributed by atoms with Crippen LogP contribution in [0.4, 0.5) is 0 Å². The summed E-state index contributed by atoms with van der Waals surface area (Å²) in [7, 11) is -0.370. The Bertz CT molecular complexity index is 828. The molecule has 0 saturated heterocycles. The number of methoxy groups -OCH3 is 1. The lowest BCUT2D eigenvalue weighted by Crippen LogP contribution is -2.55. The Balaban J connectivity index is 1.93. The first-order chi connectivity index (χ1) is 14.4. The molecule has 2 atom stereocenters. The van der Waals surface area contributed by atoms with Crippen molar-refractivity contribution >= 4 is 30.5 Å². The highest BCUT2D eigenvalue weighted by Gasteiger charge is 2.29. The van der Waals surface area contributed by atoms with E-state index in [1.807, 2.05) is 18.2 Å². The molecule has 0 radical (unpaired) electrons. The molecule has 1 unspecified atom stereocenters. The molecule has 0 aliphatic carbocycles. The predicted molar refractivity (Wildman–Crippen MR) is 112 cm³/mol. The number of carbonyl (C=O) groups excluding carboxylic acids is 2. The maximum absolute atomic E-state index is 12.6. The minimum absolute atomic E-state index is 0.0478. The van der Waals surface area contributed by atoms with Gasteiger partial charge in [0.2, 0.25) is 5.91 Å². The molecule has 2 amide bonds. The summed E-state index contributed by atoms with van der Waals surface area (Å²) in [6, 6.07) is 6.33. The number of nitrogens with zero attached hydrogens (tertiary/aromatic N) is 2. The zero-order chi connectivity index (χ0) is 21.9. The SMILES string of the molecule is COCC(NC(=O)c1cnccn1)C(=O)N[C@@H](CCCc1cccc(Cl)c1)B(O)O. The molecule has 0 spiro atoms. The van der Waals surface area contributed by atoms with Crippen LogP contribution in [0.15, 0.2) is 42.9 Å². The van der Waals surface area contributed by atoms with E-state index >= 15 is 0 Å². The molecule has 1 aromatic carbocycles. The molecule has 0 aliphatic heterocycles. The summed E-state index contributed by atoms with van der Waals surface area (Å²) in [5.41, 5.74) is 1.06. The molecule has 160 valence electrons. The number of nitrogens with one attached hydrogen (secondary N) is 2. The van der Waals surface area contributed by atoms with Gasteiger partial charge in [-0.1, -0.05) is 23.7 Å². The molecule has 0 saturated carbocycles. The minimum Gasteiger partial charge on any atom is -0.426 e. The first kappa shape index (κ1) is 23.8. The third-order valence-electron chi connectivity index (χ3n) is 4.31. The second-order valence-corrected chi connectivity index (χ2v) is 7.06. The standard InChI is InChI=1S/C19H24BClN4O5/c1-30-12-16(24-18(26)15-11-22-8-9-23-15)19(27)25-17(20(28)29)7-3-5-13-4-2-6-14(21)10-13/h2,4,6,8-11,16-17,28-29H,3,5,7,12H2,1H3,(H,24,26)(H,25,27)/t16?,17-/m0/s1. The molecular formula is C19H24BClN4O5. The van der Waals surface area contributed by atoms with Crippen LogP contribution in [0, 0.1) is 0 Å². The molecule has 4 N–H and O–H groups in total. The third kappa shape index (κ3) is 7.71. The number of aromatic nitrogens is 2. The lowest BCUT2D eigenvalue weighted by Gasteiger charge is -2.22. The average Bonchev–Trinajstić information content (AvgIpc) is 2.73. The van der Waals surface area contributed by atoms with Crippen LogP contribution in [-0.2, 0) is 16.0 Å². The van der Waals surface area contributed by atoms with E-state index in [1.165, 1.54) is 25.7 Å². The first-order valence-corrected chi connectivity index (χ1v) is 9.75. The van der Waals surface area contributed by atoms with Gasteiger partial charge < -0.3 is 25.4 Å². The number of halogens is 1. The van der Waals surface area contributed by atoms with E-state index in [2.05, 4.69) is 20.6 Å². The van der Waals surface area contributed by atoms with E-state index in [1.54, 1.807) is 6.07 Å². The Kier molecular flexibility index (Phi) is 9.69. The van der Waals surface area contributed by atoms with Crippen molar-refractivity contribution in [3.8, 4) is 0 Å². The molecule has 30 heavy (non-hydrogen) atoms. The predicted octanol–water partition coefficient (Wildman–Crippen LogP) is 0.395. The van der Waals surface area contributed by atoms with Crippen LogP contribution in [0.3, 0.4) is 0 Å². The zero-order valence-corrected chi connectivity index (χ0v) is 17.2. The molecule has 0 fully saturated rings. The van der Waals surface area contributed by atoms with Crippen LogP contribution in [-0.4, -0.2) is 64.6 Å². The largest absolute Gasteiger partial charge is 0.475 e. The fraction of sp³-hybridized carbons (Fsp3) is 0.368. The lowest BCUT2D eigenvalue weighted by atomic mass is 9.76. The monoisotopic (exact) mass is 434 g/mol. The summed E-state index contributed by atoms with van der Waals surface area (Å²) < 4.78 is 5.01. The topological polar surface area (TPSA) is 134 Å². The van der Waals surface area contributed by atoms with E-state index in [0.717, 1.165) is 5.56 Å². The van der Waals surface area contributed by atoms with Gasteiger partial charge in [0.1, 0.15) is 11.7 Å². The van der Waals surface area contributed by atoms with Gasteiger partial charge in [-0.3, -0.25) is 14.6 Å². The molecule has 2 rings (SSSR count). The van der Waals surface area contributed by atoms with Crippen LogP contribution >= 0.6 is 11.6 Å². The Morgan fingerprint density at radius 3 is 2.70 bits per heavy atom. The van der Waals surface area contributed by atoms with E-state index < -0.39 is 30.9 Å². The second kappa shape index (κ2) is 12.2. The van der Waals surface area contributed by atoms with E-state index in [9.17, 15) is 19.6 Å². The maximum atomic E-state index is 12.6. The van der Waals surface area contributed by atoms with Crippen molar-refractivity contribution in [1.82, 2.24) is 20.6 Å². The normalized spacial score (nSPS) is 12.7. The van der Waals surface area contributed by atoms with Gasteiger partial charge >= 0.3 is 7.12 Å². The van der Waals surface area contributed by atoms with E-state index in [-0.39, 0.29) is 12.3 Å². The van der Waals surface area contributed by atoms with Crippen LogP contribution in [0.2, 0.25) is 5.02 Å². The average molecular weight is 435 g/mol. The molecule has 11 heteroatoms. The fourth-order valence-corrected chi connectivity index (χ4v) is 3.01. The lowest BCUT2D eigenvalue weighted by molar-refractivity contribution is -0.124. The summed E-state index contributed by atoms with van der Waals surface area (Å²) >= 11 is 5.96. The Morgan fingerprint density at radius 2 is 2.07 bits per heavy atom. The fourth-order valence-electron chi connectivity index (χ4n) is 2.80. The van der Waals surface area contributed by atoms with Crippen LogP contribution in [0.1, 0.15) is 28.9 Å². The second-order valence-electron chi connectivity index (χ2n) is 6.62. The highest BCUT2D eigenvalue weighted by Crippen LogP contribution is 2.13. The summed E-state index contributed by atoms with van der Waals surface area (Å²) in [4.78, 5) is 32.6. The van der Waals surface area contributed by atoms with E-state index in [4.69, 9.17) is 16.3 Å². The molecule has 1 heterocycles. The number of hydrogen-bond donors (Lipinski definition) is 4. The van der Waals surface area contributed by atoms with Gasteiger partial charge in [0.05, 0.1) is 18.7 Å². The quantitative estimate of drug-likeness (QED) is 0.376. The molecular weight excluding hydrogens is 410 g/mol. The minimum atomic E-state index is -1.76. The highest BCUT2D eigenvalue weighted by atomic mass is 35.5. The van der Waals surface area contributed by atoms with Gasteiger partial charge in [0, 0.05) is 24.5 Å². The van der Waals surface area contributed by atoms with Crippen molar-refractivity contribution < 1.29 is 24.4 Å². The van der Waals surface area contributed by atoms with Gasteiger partial charge in [0.15, 0.2) is 0 Å². The Hall–Kier alpha value is -2.53. The molecule has 0 aliphatic rings. The van der Waals surface area contributed by atoms with Crippen LogP contribution in [0.25, 0.3) is 0 Å². The first-order valence-electron chi connectivity index (χ1n) is 9.37. The Morgan fingerprint density at radius 1 is 1.27 bits per heavy atom. The number of hydrogen-bond acceptors (Lipinski definition) is 7. The van der Waals surface area contributed by atoms with Crippen molar-refractivity contribution in [2.45, 2.75) is 31.2 Å². The van der Waals surface area contributed by atoms with Crippen molar-refractivity contribution in [2.24, 2.45) is 0 Å². The molecule has 9 nitrogen and oxygen atoms in total. The van der Waals surface area contributed by atoms with Gasteiger partial charge in [-0.15, -0.1) is 0 Å². The van der Waals surface area contributed by atoms with Crippen molar-refractivity contribution in [3.05, 3.63) is 59.1 Å². The van der Waals surface area contributed by atoms with Crippen LogP contribution in [0.5, 0.6) is 0 Å². The Labute approximate surface area is 180 Å². The molecule has 0 bridgehead atoms. The summed E-state index contributed by atoms with van der Waals surface area (Å²) in [6.45, 7) is -0.103. The van der Waals surface area contributed by atoms with Gasteiger partial charge in [-0.25, -0.2) is 4.98 Å². The maximum Gasteiger partial charge on any atom is 0.475 e. The van der Waals surface area contributed by atoms with Crippen molar-refractivity contribution in [3.63, 3.8) is 0 Å². The molecule has 2 aromatic rings. The van der Waals surface area contributed by atoms with Crippen LogP contribution < -0.4 is 10.6 Å². The molecule has 1 aromatic heterocycles. The number of ether oxygens (including phenoxy) is 1. The number of amides is 2. The smallest absolute Gasteiger partial charge is 0.426 e. The van der Waals surface area contributed by atoms with Gasteiger partial charge in [-0.2, -0.15) is 0 Å². The van der Waals surface area contributed by atoms with Crippen molar-refractivity contribution in [1.29, 1.82) is 0 Å².